The van der Waals surface area contributed by atoms with E-state index >= 15 is 0 Å². The largest absolute Gasteiger partial charge is 0.325 e. The monoisotopic (exact) mass is 445 g/mol. The molecule has 0 aliphatic heterocycles. The molecule has 0 unspecified atom stereocenters. The maximum atomic E-state index is 12.9. The van der Waals surface area contributed by atoms with Crippen LogP contribution in [0.25, 0.3) is 10.1 Å². The zero-order chi connectivity index (χ0) is 22.3. The first-order valence-corrected chi connectivity index (χ1v) is 11.0. The molecule has 0 atom stereocenters. The van der Waals surface area contributed by atoms with Crippen LogP contribution in [0.4, 0.5) is 5.69 Å². The maximum absolute atomic E-state index is 12.9. The summed E-state index contributed by atoms with van der Waals surface area (Å²) in [5.74, 6) is -0.657. The van der Waals surface area contributed by atoms with Crippen molar-refractivity contribution < 1.29 is 14.8 Å². The number of nitrogens with zero attached hydrogens (tertiary/aromatic N) is 1. The number of benzene rings is 3. The van der Waals surface area contributed by atoms with E-state index in [0.717, 1.165) is 21.2 Å². The third-order valence-electron chi connectivity index (χ3n) is 4.99. The number of amides is 2. The van der Waals surface area contributed by atoms with Gasteiger partial charge < -0.3 is 5.32 Å². The van der Waals surface area contributed by atoms with Gasteiger partial charge in [-0.25, -0.2) is 5.48 Å². The number of anilines is 1. The van der Waals surface area contributed by atoms with E-state index in [-0.39, 0.29) is 12.5 Å². The summed E-state index contributed by atoms with van der Waals surface area (Å²) in [5.41, 5.74) is 4.60. The number of nitrogens with one attached hydrogen (secondary N) is 2. The van der Waals surface area contributed by atoms with Crippen molar-refractivity contribution >= 4 is 38.9 Å². The Bertz CT molecular complexity index is 1170. The van der Waals surface area contributed by atoms with Crippen LogP contribution < -0.4 is 10.8 Å². The minimum atomic E-state index is -0.547. The smallest absolute Gasteiger partial charge is 0.284 e. The van der Waals surface area contributed by atoms with Crippen LogP contribution in [0.15, 0.2) is 84.9 Å². The number of fused-ring (bicyclic) bond motifs is 1. The Kier molecular flexibility index (Phi) is 6.91. The number of carbonyl (C=O) groups excluding carboxylic acids is 2. The Morgan fingerprint density at radius 3 is 2.06 bits per heavy atom. The first kappa shape index (κ1) is 21.7. The molecule has 0 saturated carbocycles. The van der Waals surface area contributed by atoms with Gasteiger partial charge in [-0.15, -0.1) is 11.3 Å². The van der Waals surface area contributed by atoms with Crippen molar-refractivity contribution in [1.82, 2.24) is 10.4 Å². The van der Waals surface area contributed by atoms with Crippen LogP contribution in [0.3, 0.4) is 0 Å². The lowest BCUT2D eigenvalue weighted by Gasteiger charge is -2.22. The van der Waals surface area contributed by atoms with Crippen LogP contribution in [-0.4, -0.2) is 28.5 Å². The summed E-state index contributed by atoms with van der Waals surface area (Å²) in [7, 11) is 0. The number of thiophene rings is 1. The summed E-state index contributed by atoms with van der Waals surface area (Å²) in [6, 6.07) is 27.4. The van der Waals surface area contributed by atoms with Crippen molar-refractivity contribution in [3.8, 4) is 0 Å². The molecule has 2 amide bonds. The van der Waals surface area contributed by atoms with E-state index in [9.17, 15) is 9.59 Å². The number of rotatable bonds is 8. The molecule has 1 heterocycles. The molecule has 1 aromatic heterocycles. The fourth-order valence-electron chi connectivity index (χ4n) is 3.53. The van der Waals surface area contributed by atoms with E-state index in [0.29, 0.717) is 23.7 Å². The predicted molar refractivity (Wildman–Crippen MR) is 127 cm³/mol. The molecule has 0 saturated heterocycles. The van der Waals surface area contributed by atoms with Gasteiger partial charge in [-0.2, -0.15) is 0 Å². The fraction of sp³-hybridized carbons (Fsp3) is 0.120. The minimum absolute atomic E-state index is 0.110. The second-order valence-electron chi connectivity index (χ2n) is 7.47. The molecule has 4 aromatic rings. The quantitative estimate of drug-likeness (QED) is 0.272. The fourth-order valence-corrected chi connectivity index (χ4v) is 4.52. The second-order valence-corrected chi connectivity index (χ2v) is 8.55. The van der Waals surface area contributed by atoms with E-state index in [1.165, 1.54) is 11.3 Å². The van der Waals surface area contributed by atoms with Crippen molar-refractivity contribution in [2.24, 2.45) is 0 Å². The molecule has 0 spiro atoms. The Labute approximate surface area is 190 Å². The summed E-state index contributed by atoms with van der Waals surface area (Å²) in [5, 5.41) is 12.7. The lowest BCUT2D eigenvalue weighted by Crippen LogP contribution is -2.32. The number of hydrogen-bond donors (Lipinski definition) is 3. The molecule has 0 radical (unpaired) electrons. The van der Waals surface area contributed by atoms with E-state index < -0.39 is 5.91 Å². The van der Waals surface area contributed by atoms with E-state index in [2.05, 4.69) is 34.5 Å². The van der Waals surface area contributed by atoms with Gasteiger partial charge in [0.15, 0.2) is 0 Å². The highest BCUT2D eigenvalue weighted by atomic mass is 32.1. The van der Waals surface area contributed by atoms with Crippen LogP contribution in [0, 0.1) is 0 Å². The minimum Gasteiger partial charge on any atom is -0.325 e. The lowest BCUT2D eigenvalue weighted by atomic mass is 10.1. The molecule has 32 heavy (non-hydrogen) atoms. The van der Waals surface area contributed by atoms with Crippen molar-refractivity contribution in [3.05, 3.63) is 101 Å². The molecule has 162 valence electrons. The summed E-state index contributed by atoms with van der Waals surface area (Å²) in [4.78, 5) is 27.0. The summed E-state index contributed by atoms with van der Waals surface area (Å²) in [6.07, 6.45) is 0. The molecule has 3 N–H and O–H groups in total. The topological polar surface area (TPSA) is 81.7 Å². The van der Waals surface area contributed by atoms with Gasteiger partial charge in [-0.05, 0) is 34.7 Å². The van der Waals surface area contributed by atoms with Crippen LogP contribution in [0.2, 0.25) is 0 Å². The van der Waals surface area contributed by atoms with Crippen LogP contribution in [-0.2, 0) is 17.9 Å². The first-order chi connectivity index (χ1) is 15.6. The summed E-state index contributed by atoms with van der Waals surface area (Å²) in [6.45, 7) is 1.56. The molecular weight excluding hydrogens is 422 g/mol. The van der Waals surface area contributed by atoms with Crippen molar-refractivity contribution in [3.63, 3.8) is 0 Å². The van der Waals surface area contributed by atoms with Crippen LogP contribution in [0.5, 0.6) is 0 Å². The molecule has 6 nitrogen and oxygen atoms in total. The van der Waals surface area contributed by atoms with Crippen LogP contribution >= 0.6 is 11.3 Å². The van der Waals surface area contributed by atoms with E-state index in [1.807, 2.05) is 54.6 Å². The van der Waals surface area contributed by atoms with Crippen LogP contribution in [0.1, 0.15) is 20.8 Å². The Morgan fingerprint density at radius 2 is 1.47 bits per heavy atom. The summed E-state index contributed by atoms with van der Waals surface area (Å²) >= 11 is 1.25. The molecule has 0 fully saturated rings. The highest BCUT2D eigenvalue weighted by molar-refractivity contribution is 7.20. The molecule has 0 aliphatic rings. The third-order valence-corrected chi connectivity index (χ3v) is 6.09. The van der Waals surface area contributed by atoms with Gasteiger partial charge in [0.2, 0.25) is 5.91 Å². The zero-order valence-corrected chi connectivity index (χ0v) is 18.1. The SMILES string of the molecule is O=C(CN(Cc1ccccc1)Cc1ccccc1)Nc1ccc2cc(C(=O)NO)sc2c1. The van der Waals surface area contributed by atoms with Crippen molar-refractivity contribution in [2.45, 2.75) is 13.1 Å². The second kappa shape index (κ2) is 10.2. The molecule has 4 rings (SSSR count). The molecule has 7 heteroatoms. The normalized spacial score (nSPS) is 10.9. The van der Waals surface area contributed by atoms with E-state index in [1.54, 1.807) is 11.5 Å². The number of carbonyl (C=O) groups is 2. The average molecular weight is 446 g/mol. The van der Waals surface area contributed by atoms with E-state index in [4.69, 9.17) is 5.21 Å². The van der Waals surface area contributed by atoms with Gasteiger partial charge >= 0.3 is 0 Å². The molecular formula is C25H23N3O3S. The van der Waals surface area contributed by atoms with Gasteiger partial charge in [-0.3, -0.25) is 19.7 Å². The maximum Gasteiger partial charge on any atom is 0.284 e. The van der Waals surface area contributed by atoms with Gasteiger partial charge in [0.05, 0.1) is 11.4 Å². The highest BCUT2D eigenvalue weighted by Crippen LogP contribution is 2.28. The van der Waals surface area contributed by atoms with Gasteiger partial charge in [0.1, 0.15) is 0 Å². The molecule has 3 aromatic carbocycles. The van der Waals surface area contributed by atoms with Gasteiger partial charge in [-0.1, -0.05) is 66.7 Å². The predicted octanol–water partition coefficient (Wildman–Crippen LogP) is 4.66. The highest BCUT2D eigenvalue weighted by Gasteiger charge is 2.14. The summed E-state index contributed by atoms with van der Waals surface area (Å²) < 4.78 is 0.854. The first-order valence-electron chi connectivity index (χ1n) is 10.2. The van der Waals surface area contributed by atoms with Crippen molar-refractivity contribution in [2.75, 3.05) is 11.9 Å². The van der Waals surface area contributed by atoms with Gasteiger partial charge in [0.25, 0.3) is 5.91 Å². The standard InChI is InChI=1S/C25H23N3O3S/c29-24(26-21-12-11-20-13-23(25(30)27-31)32-22(20)14-21)17-28(15-18-7-3-1-4-8-18)16-19-9-5-2-6-10-19/h1-14,31H,15-17H2,(H,26,29)(H,27,30). The molecule has 0 aliphatic carbocycles. The lowest BCUT2D eigenvalue weighted by molar-refractivity contribution is -0.117. The third kappa shape index (κ3) is 5.59. The Balaban J connectivity index is 1.46. The van der Waals surface area contributed by atoms with Gasteiger partial charge in [0, 0.05) is 23.5 Å². The number of hydrogen-bond acceptors (Lipinski definition) is 5. The Morgan fingerprint density at radius 1 is 0.844 bits per heavy atom. The Hall–Kier alpha value is -3.52. The molecule has 0 bridgehead atoms. The number of hydroxylamine groups is 1. The van der Waals surface area contributed by atoms with Crippen molar-refractivity contribution in [1.29, 1.82) is 0 Å². The average Bonchev–Trinajstić information content (AvgIpc) is 3.23. The zero-order valence-electron chi connectivity index (χ0n) is 17.3.